The molecule has 0 aromatic carbocycles. The van der Waals surface area contributed by atoms with E-state index in [-0.39, 0.29) is 13.2 Å². The number of hydrogen-bond acceptors (Lipinski definition) is 6. The molecule has 10 heteroatoms. The molecule has 1 amide bonds. The Balaban J connectivity index is 2.45. The molecule has 0 saturated carbocycles. The van der Waals surface area contributed by atoms with Crippen molar-refractivity contribution in [2.45, 2.75) is 12.7 Å². The lowest BCUT2D eigenvalue weighted by Gasteiger charge is -2.07. The van der Waals surface area contributed by atoms with Crippen molar-refractivity contribution in [3.63, 3.8) is 0 Å². The van der Waals surface area contributed by atoms with E-state index in [1.54, 1.807) is 0 Å². The number of ether oxygens (including phenoxy) is 1. The molecule has 0 fully saturated rings. The molecule has 1 aromatic rings. The number of halogens is 1. The van der Waals surface area contributed by atoms with Crippen molar-refractivity contribution >= 4 is 11.9 Å². The van der Waals surface area contributed by atoms with Crippen molar-refractivity contribution in [2.24, 2.45) is 0 Å². The van der Waals surface area contributed by atoms with Crippen molar-refractivity contribution in [2.75, 3.05) is 20.3 Å². The number of aromatic nitrogens is 3. The van der Waals surface area contributed by atoms with Crippen LogP contribution in [0.4, 0.5) is 10.3 Å². The minimum Gasteiger partial charge on any atom is -0.390 e. The maximum Gasteiger partial charge on any atom is 0.490 e. The number of nitrogens with one attached hydrogen (secondary N) is 1. The number of carbonyl (C=O) groups is 1. The summed E-state index contributed by atoms with van der Waals surface area (Å²) in [4.78, 5) is 24.0. The molecule has 18 heavy (non-hydrogen) atoms. The van der Waals surface area contributed by atoms with E-state index in [1.165, 1.54) is 7.11 Å². The fraction of sp³-hybridized carbons (Fsp3) is 0.625. The molecule has 1 rings (SSSR count). The summed E-state index contributed by atoms with van der Waals surface area (Å²) < 4.78 is 19.0. The quantitative estimate of drug-likeness (QED) is 0.394. The number of amides is 1. The smallest absolute Gasteiger partial charge is 0.390 e. The zero-order valence-electron chi connectivity index (χ0n) is 9.58. The van der Waals surface area contributed by atoms with Crippen molar-refractivity contribution in [1.29, 1.82) is 0 Å². The average Bonchev–Trinajstić information content (AvgIpc) is 2.77. The van der Waals surface area contributed by atoms with E-state index in [2.05, 4.69) is 20.1 Å². The standard InChI is InChI=1S/C8H12FN5O4/c1-18-3-2-10-7(15)6(9)4-13-5-11-8(12-13)14(16)17/h5-6H,2-4H2,1H3,(H,10,15). The molecule has 0 bridgehead atoms. The Labute approximate surface area is 101 Å². The maximum atomic E-state index is 13.4. The first-order valence-electron chi connectivity index (χ1n) is 4.99. The monoisotopic (exact) mass is 261 g/mol. The van der Waals surface area contributed by atoms with Gasteiger partial charge in [-0.3, -0.25) is 4.79 Å². The van der Waals surface area contributed by atoms with Crippen molar-refractivity contribution < 1.29 is 18.8 Å². The number of alkyl halides is 1. The highest BCUT2D eigenvalue weighted by atomic mass is 19.1. The minimum absolute atomic E-state index is 0.188. The van der Waals surface area contributed by atoms with Gasteiger partial charge in [0.1, 0.15) is 0 Å². The van der Waals surface area contributed by atoms with Crippen LogP contribution in [0.15, 0.2) is 6.33 Å². The van der Waals surface area contributed by atoms with Crippen molar-refractivity contribution in [1.82, 2.24) is 20.1 Å². The van der Waals surface area contributed by atoms with Crippen LogP contribution in [0, 0.1) is 10.1 Å². The molecular weight excluding hydrogens is 249 g/mol. The lowest BCUT2D eigenvalue weighted by atomic mass is 10.3. The molecule has 1 unspecified atom stereocenters. The van der Waals surface area contributed by atoms with Crippen LogP contribution in [-0.2, 0) is 16.1 Å². The number of hydrogen-bond donors (Lipinski definition) is 1. The normalized spacial score (nSPS) is 12.1. The highest BCUT2D eigenvalue weighted by Gasteiger charge is 2.21. The molecule has 0 aliphatic carbocycles. The summed E-state index contributed by atoms with van der Waals surface area (Å²) in [6.07, 6.45) is -0.865. The highest BCUT2D eigenvalue weighted by molar-refractivity contribution is 5.80. The van der Waals surface area contributed by atoms with Gasteiger partial charge in [-0.15, -0.1) is 0 Å². The fourth-order valence-electron chi connectivity index (χ4n) is 1.09. The van der Waals surface area contributed by atoms with Gasteiger partial charge in [0.2, 0.25) is 6.33 Å². The molecule has 1 heterocycles. The van der Waals surface area contributed by atoms with Crippen LogP contribution in [-0.4, -0.2) is 52.0 Å². The Kier molecular flexibility index (Phi) is 5.11. The Hall–Kier alpha value is -2.10. The van der Waals surface area contributed by atoms with E-state index < -0.39 is 29.5 Å². The summed E-state index contributed by atoms with van der Waals surface area (Å²) in [6, 6.07) is 0. The average molecular weight is 261 g/mol. The molecule has 0 radical (unpaired) electrons. The molecule has 0 saturated heterocycles. The number of carbonyl (C=O) groups excluding carboxylic acids is 1. The first kappa shape index (κ1) is 14.0. The van der Waals surface area contributed by atoms with Gasteiger partial charge < -0.3 is 20.2 Å². The zero-order valence-corrected chi connectivity index (χ0v) is 9.58. The third-order valence-electron chi connectivity index (χ3n) is 1.92. The van der Waals surface area contributed by atoms with Crippen LogP contribution >= 0.6 is 0 Å². The topological polar surface area (TPSA) is 112 Å². The summed E-state index contributed by atoms with van der Waals surface area (Å²) in [6.45, 7) is 0.0279. The van der Waals surface area contributed by atoms with E-state index in [0.29, 0.717) is 0 Å². The third-order valence-corrected chi connectivity index (χ3v) is 1.92. The summed E-state index contributed by atoms with van der Waals surface area (Å²) in [7, 11) is 1.45. The lowest BCUT2D eigenvalue weighted by Crippen LogP contribution is -2.36. The SMILES string of the molecule is COCCNC(=O)C(F)Cn1cnc([N+](=O)[O-])n1. The maximum absolute atomic E-state index is 13.4. The van der Waals surface area contributed by atoms with Crippen LogP contribution in [0.5, 0.6) is 0 Å². The van der Waals surface area contributed by atoms with E-state index in [4.69, 9.17) is 0 Å². The molecule has 100 valence electrons. The first-order chi connectivity index (χ1) is 8.54. The molecular formula is C8H12FN5O4. The van der Waals surface area contributed by atoms with Gasteiger partial charge in [-0.2, -0.15) is 4.68 Å². The van der Waals surface area contributed by atoms with Crippen molar-refractivity contribution in [3.8, 4) is 0 Å². The second-order valence-electron chi connectivity index (χ2n) is 3.28. The number of methoxy groups -OCH3 is 1. The second-order valence-corrected chi connectivity index (χ2v) is 3.28. The van der Waals surface area contributed by atoms with Crippen LogP contribution in [0.25, 0.3) is 0 Å². The summed E-state index contributed by atoms with van der Waals surface area (Å²) in [5.41, 5.74) is 0. The van der Waals surface area contributed by atoms with E-state index >= 15 is 0 Å². The number of rotatable bonds is 7. The van der Waals surface area contributed by atoms with Gasteiger partial charge in [0.05, 0.1) is 13.2 Å². The summed E-state index contributed by atoms with van der Waals surface area (Å²) in [5.74, 6) is -1.47. The van der Waals surface area contributed by atoms with Crippen LogP contribution in [0.1, 0.15) is 0 Å². The van der Waals surface area contributed by atoms with Crippen molar-refractivity contribution in [3.05, 3.63) is 16.4 Å². The molecule has 9 nitrogen and oxygen atoms in total. The van der Waals surface area contributed by atoms with Crippen LogP contribution in [0.2, 0.25) is 0 Å². The minimum atomic E-state index is -1.86. The molecule has 0 spiro atoms. The Bertz CT molecular complexity index is 423. The number of nitro groups is 1. The van der Waals surface area contributed by atoms with E-state index in [0.717, 1.165) is 11.0 Å². The third kappa shape index (κ3) is 4.05. The van der Waals surface area contributed by atoms with Gasteiger partial charge in [-0.1, -0.05) is 4.98 Å². The highest BCUT2D eigenvalue weighted by Crippen LogP contribution is 2.02. The largest absolute Gasteiger partial charge is 0.490 e. The first-order valence-corrected chi connectivity index (χ1v) is 4.99. The van der Waals surface area contributed by atoms with Gasteiger partial charge >= 0.3 is 5.95 Å². The molecule has 1 atom stereocenters. The van der Waals surface area contributed by atoms with Crippen LogP contribution < -0.4 is 5.32 Å². The Morgan fingerprint density at radius 2 is 2.50 bits per heavy atom. The van der Waals surface area contributed by atoms with Gasteiger partial charge in [-0.25, -0.2) is 4.39 Å². The molecule has 0 aliphatic rings. The summed E-state index contributed by atoms with van der Waals surface area (Å²) in [5, 5.41) is 16.0. The molecule has 1 aromatic heterocycles. The van der Waals surface area contributed by atoms with Gasteiger partial charge in [0.15, 0.2) is 6.17 Å². The van der Waals surface area contributed by atoms with E-state index in [9.17, 15) is 19.3 Å². The fourth-order valence-corrected chi connectivity index (χ4v) is 1.09. The second kappa shape index (κ2) is 6.59. The predicted octanol–water partition coefficient (Wildman–Crippen LogP) is -0.713. The zero-order chi connectivity index (χ0) is 13.5. The number of nitrogens with zero attached hydrogens (tertiary/aromatic N) is 4. The van der Waals surface area contributed by atoms with Gasteiger partial charge in [0, 0.05) is 18.8 Å². The van der Waals surface area contributed by atoms with Crippen LogP contribution in [0.3, 0.4) is 0 Å². The lowest BCUT2D eigenvalue weighted by molar-refractivity contribution is -0.394. The predicted molar refractivity (Wildman–Crippen MR) is 56.5 cm³/mol. The molecule has 1 N–H and O–H groups in total. The Morgan fingerprint density at radius 3 is 3.06 bits per heavy atom. The van der Waals surface area contributed by atoms with Gasteiger partial charge in [-0.05, 0) is 4.92 Å². The Morgan fingerprint density at radius 1 is 1.78 bits per heavy atom. The molecule has 0 aliphatic heterocycles. The summed E-state index contributed by atoms with van der Waals surface area (Å²) >= 11 is 0. The van der Waals surface area contributed by atoms with E-state index in [1.807, 2.05) is 0 Å². The van der Waals surface area contributed by atoms with Gasteiger partial charge in [0.25, 0.3) is 5.91 Å².